The van der Waals surface area contributed by atoms with Crippen molar-refractivity contribution in [2.75, 3.05) is 0 Å². The number of hydrogen-bond acceptors (Lipinski definition) is 2. The smallest absolute Gasteiger partial charge is 0.320 e. The molecule has 2 N–H and O–H groups in total. The highest BCUT2D eigenvalue weighted by Gasteiger charge is 2.35. The fraction of sp³-hybridized carbons (Fsp3) is 0.154. The lowest BCUT2D eigenvalue weighted by Crippen LogP contribution is -2.19. The molecular weight excluding hydrogens is 387 g/mol. The van der Waals surface area contributed by atoms with Gasteiger partial charge in [0.05, 0.1) is 11.6 Å². The standard InChI is InChI=1S/C13H9F4IN2/c14-7-1-2-8(11(18)5-7)12(19)9-6-20-4-3-10(9)13(15,16)17/h1-6,12H,19H2. The molecule has 0 spiro atoms. The molecule has 0 aliphatic carbocycles. The Hall–Kier alpha value is -1.22. The zero-order valence-corrected chi connectivity index (χ0v) is 12.1. The van der Waals surface area contributed by atoms with Crippen molar-refractivity contribution in [1.29, 1.82) is 0 Å². The van der Waals surface area contributed by atoms with Gasteiger partial charge in [0, 0.05) is 21.5 Å². The first-order valence-corrected chi connectivity index (χ1v) is 6.60. The third kappa shape index (κ3) is 3.09. The van der Waals surface area contributed by atoms with Crippen molar-refractivity contribution in [3.8, 4) is 0 Å². The van der Waals surface area contributed by atoms with Crippen molar-refractivity contribution >= 4 is 22.6 Å². The maximum Gasteiger partial charge on any atom is 0.416 e. The van der Waals surface area contributed by atoms with Gasteiger partial charge in [0.15, 0.2) is 0 Å². The summed E-state index contributed by atoms with van der Waals surface area (Å²) in [6.07, 6.45) is -2.36. The molecule has 0 saturated heterocycles. The summed E-state index contributed by atoms with van der Waals surface area (Å²) in [6.45, 7) is 0. The van der Waals surface area contributed by atoms with Crippen molar-refractivity contribution in [1.82, 2.24) is 4.98 Å². The van der Waals surface area contributed by atoms with E-state index in [0.717, 1.165) is 18.5 Å². The van der Waals surface area contributed by atoms with Crippen LogP contribution in [0.4, 0.5) is 17.6 Å². The number of nitrogens with zero attached hydrogens (tertiary/aromatic N) is 1. The Kier molecular flexibility index (Phi) is 4.28. The van der Waals surface area contributed by atoms with Gasteiger partial charge in [0.25, 0.3) is 0 Å². The lowest BCUT2D eigenvalue weighted by atomic mass is 9.97. The molecule has 0 fully saturated rings. The second kappa shape index (κ2) is 5.65. The molecule has 0 radical (unpaired) electrons. The number of nitrogens with two attached hydrogens (primary N) is 1. The molecule has 0 amide bonds. The Labute approximate surface area is 126 Å². The molecule has 1 aromatic heterocycles. The van der Waals surface area contributed by atoms with E-state index in [-0.39, 0.29) is 5.56 Å². The van der Waals surface area contributed by atoms with Gasteiger partial charge in [-0.3, -0.25) is 4.98 Å². The molecule has 2 nitrogen and oxygen atoms in total. The van der Waals surface area contributed by atoms with Gasteiger partial charge in [-0.1, -0.05) is 6.07 Å². The highest BCUT2D eigenvalue weighted by Crippen LogP contribution is 2.36. The Bertz CT molecular complexity index is 628. The van der Waals surface area contributed by atoms with Crippen LogP contribution in [0.1, 0.15) is 22.7 Å². The van der Waals surface area contributed by atoms with Crippen molar-refractivity contribution in [3.63, 3.8) is 0 Å². The van der Waals surface area contributed by atoms with Crippen LogP contribution in [-0.2, 0) is 6.18 Å². The molecule has 2 aromatic rings. The average molecular weight is 396 g/mol. The SMILES string of the molecule is NC(c1ccc(F)cc1I)c1cnccc1C(F)(F)F. The summed E-state index contributed by atoms with van der Waals surface area (Å²) in [5.41, 5.74) is 5.35. The Morgan fingerprint density at radius 2 is 1.85 bits per heavy atom. The minimum Gasteiger partial charge on any atom is -0.320 e. The number of benzene rings is 1. The van der Waals surface area contributed by atoms with Crippen LogP contribution in [-0.4, -0.2) is 4.98 Å². The Balaban J connectivity index is 2.51. The third-order valence-corrected chi connectivity index (χ3v) is 3.72. The number of alkyl halides is 3. The summed E-state index contributed by atoms with van der Waals surface area (Å²) >= 11 is 1.84. The number of hydrogen-bond donors (Lipinski definition) is 1. The Morgan fingerprint density at radius 1 is 1.15 bits per heavy atom. The van der Waals surface area contributed by atoms with Gasteiger partial charge in [-0.25, -0.2) is 4.39 Å². The summed E-state index contributed by atoms with van der Waals surface area (Å²) < 4.78 is 52.3. The van der Waals surface area contributed by atoms with Gasteiger partial charge >= 0.3 is 6.18 Å². The molecule has 1 atom stereocenters. The predicted molar refractivity (Wildman–Crippen MR) is 74.4 cm³/mol. The molecule has 1 aromatic carbocycles. The summed E-state index contributed by atoms with van der Waals surface area (Å²) in [5, 5.41) is 0. The average Bonchev–Trinajstić information content (AvgIpc) is 2.37. The molecule has 1 heterocycles. The Morgan fingerprint density at radius 3 is 2.45 bits per heavy atom. The van der Waals surface area contributed by atoms with Gasteiger partial charge in [0.1, 0.15) is 5.82 Å². The minimum absolute atomic E-state index is 0.135. The van der Waals surface area contributed by atoms with E-state index in [1.807, 2.05) is 22.6 Å². The van der Waals surface area contributed by atoms with Gasteiger partial charge < -0.3 is 5.73 Å². The fourth-order valence-electron chi connectivity index (χ4n) is 1.83. The second-order valence-corrected chi connectivity index (χ2v) is 5.27. The molecule has 7 heteroatoms. The predicted octanol–water partition coefficient (Wildman–Crippen LogP) is 3.89. The van der Waals surface area contributed by atoms with E-state index >= 15 is 0 Å². The number of aromatic nitrogens is 1. The summed E-state index contributed by atoms with van der Waals surface area (Å²) in [7, 11) is 0. The van der Waals surface area contributed by atoms with E-state index in [1.54, 1.807) is 0 Å². The van der Waals surface area contributed by atoms with Gasteiger partial charge in [-0.15, -0.1) is 0 Å². The van der Waals surface area contributed by atoms with E-state index < -0.39 is 23.6 Å². The lowest BCUT2D eigenvalue weighted by molar-refractivity contribution is -0.138. The first-order chi connectivity index (χ1) is 9.30. The van der Waals surface area contributed by atoms with Crippen molar-refractivity contribution in [2.24, 2.45) is 5.73 Å². The zero-order chi connectivity index (χ0) is 14.9. The third-order valence-electron chi connectivity index (χ3n) is 2.79. The van der Waals surface area contributed by atoms with Crippen LogP contribution in [0.25, 0.3) is 0 Å². The minimum atomic E-state index is -4.51. The molecule has 2 rings (SSSR count). The molecule has 0 aliphatic heterocycles. The number of pyridine rings is 1. The quantitative estimate of drug-likeness (QED) is 0.618. The molecule has 0 bridgehead atoms. The van der Waals surface area contributed by atoms with Crippen LogP contribution in [0.15, 0.2) is 36.7 Å². The van der Waals surface area contributed by atoms with Crippen LogP contribution in [0, 0.1) is 9.39 Å². The second-order valence-electron chi connectivity index (χ2n) is 4.10. The van der Waals surface area contributed by atoms with E-state index in [0.29, 0.717) is 9.13 Å². The first kappa shape index (κ1) is 15.2. The normalized spacial score (nSPS) is 13.3. The van der Waals surface area contributed by atoms with Crippen molar-refractivity contribution in [2.45, 2.75) is 12.2 Å². The summed E-state index contributed by atoms with van der Waals surface area (Å²) in [4.78, 5) is 3.70. The molecular formula is C13H9F4IN2. The van der Waals surface area contributed by atoms with Crippen LogP contribution < -0.4 is 5.73 Å². The van der Waals surface area contributed by atoms with Crippen molar-refractivity contribution in [3.05, 3.63) is 62.7 Å². The lowest BCUT2D eigenvalue weighted by Gasteiger charge is -2.19. The number of rotatable bonds is 2. The van der Waals surface area contributed by atoms with Gasteiger partial charge in [-0.2, -0.15) is 13.2 Å². The molecule has 0 saturated carbocycles. The van der Waals surface area contributed by atoms with Crippen LogP contribution in [0.3, 0.4) is 0 Å². The highest BCUT2D eigenvalue weighted by molar-refractivity contribution is 14.1. The van der Waals surface area contributed by atoms with Crippen molar-refractivity contribution < 1.29 is 17.6 Å². The largest absolute Gasteiger partial charge is 0.416 e. The highest BCUT2D eigenvalue weighted by atomic mass is 127. The van der Waals surface area contributed by atoms with E-state index in [9.17, 15) is 17.6 Å². The number of halogens is 5. The zero-order valence-electron chi connectivity index (χ0n) is 9.96. The van der Waals surface area contributed by atoms with Crippen LogP contribution >= 0.6 is 22.6 Å². The topological polar surface area (TPSA) is 38.9 Å². The maximum absolute atomic E-state index is 13.0. The fourth-order valence-corrected chi connectivity index (χ4v) is 2.65. The first-order valence-electron chi connectivity index (χ1n) is 5.52. The van der Waals surface area contributed by atoms with E-state index in [1.165, 1.54) is 18.2 Å². The summed E-state index contributed by atoms with van der Waals surface area (Å²) in [6, 6.07) is 3.63. The molecule has 1 unspecified atom stereocenters. The van der Waals surface area contributed by atoms with E-state index in [2.05, 4.69) is 4.98 Å². The van der Waals surface area contributed by atoms with Gasteiger partial charge in [-0.05, 0) is 46.4 Å². The van der Waals surface area contributed by atoms with Gasteiger partial charge in [0.2, 0.25) is 0 Å². The maximum atomic E-state index is 13.0. The van der Waals surface area contributed by atoms with Crippen LogP contribution in [0.5, 0.6) is 0 Å². The monoisotopic (exact) mass is 396 g/mol. The molecule has 106 valence electrons. The van der Waals surface area contributed by atoms with Crippen LogP contribution in [0.2, 0.25) is 0 Å². The van der Waals surface area contributed by atoms with E-state index in [4.69, 9.17) is 5.73 Å². The molecule has 20 heavy (non-hydrogen) atoms. The molecule has 0 aliphatic rings. The summed E-state index contributed by atoms with van der Waals surface area (Å²) in [5.74, 6) is -0.465.